The van der Waals surface area contributed by atoms with E-state index in [0.29, 0.717) is 22.5 Å². The number of amides is 1. The molecule has 0 heterocycles. The van der Waals surface area contributed by atoms with Gasteiger partial charge >= 0.3 is 0 Å². The zero-order chi connectivity index (χ0) is 19.7. The SMILES string of the molecule is Cc1ccc(N)cc1C(=O)Nc1cccc(S(=O)(=O)NC(C)(C)C)c1C.Cl. The van der Waals surface area contributed by atoms with E-state index in [4.69, 9.17) is 5.73 Å². The zero-order valence-electron chi connectivity index (χ0n) is 16.1. The molecule has 0 radical (unpaired) electrons. The fraction of sp³-hybridized carbons (Fsp3) is 0.316. The van der Waals surface area contributed by atoms with E-state index in [9.17, 15) is 13.2 Å². The van der Waals surface area contributed by atoms with Crippen LogP contribution < -0.4 is 15.8 Å². The van der Waals surface area contributed by atoms with Gasteiger partial charge in [0.1, 0.15) is 0 Å². The Kier molecular flexibility index (Phi) is 7.05. The summed E-state index contributed by atoms with van der Waals surface area (Å²) in [6, 6.07) is 9.89. The number of anilines is 2. The molecule has 0 atom stereocenters. The van der Waals surface area contributed by atoms with E-state index >= 15 is 0 Å². The topological polar surface area (TPSA) is 101 Å². The van der Waals surface area contributed by atoms with Crippen molar-refractivity contribution >= 4 is 39.7 Å². The van der Waals surface area contributed by atoms with Crippen molar-refractivity contribution in [1.29, 1.82) is 0 Å². The van der Waals surface area contributed by atoms with Crippen LogP contribution in [0, 0.1) is 13.8 Å². The maximum atomic E-state index is 12.6. The van der Waals surface area contributed by atoms with Crippen LogP contribution in [-0.4, -0.2) is 19.9 Å². The Morgan fingerprint density at radius 2 is 1.70 bits per heavy atom. The number of sulfonamides is 1. The van der Waals surface area contributed by atoms with Crippen molar-refractivity contribution in [3.8, 4) is 0 Å². The fourth-order valence-electron chi connectivity index (χ4n) is 2.57. The number of benzene rings is 2. The summed E-state index contributed by atoms with van der Waals surface area (Å²) in [4.78, 5) is 12.7. The molecular weight excluding hydrogens is 386 g/mol. The highest BCUT2D eigenvalue weighted by molar-refractivity contribution is 7.89. The average molecular weight is 412 g/mol. The Labute approximate surface area is 167 Å². The van der Waals surface area contributed by atoms with Crippen LogP contribution in [0.3, 0.4) is 0 Å². The third-order valence-electron chi connectivity index (χ3n) is 3.77. The standard InChI is InChI=1S/C19H25N3O3S.ClH/c1-12-9-10-14(20)11-15(12)18(23)21-16-7-6-8-17(13(16)2)26(24,25)22-19(3,4)5;/h6-11,22H,20H2,1-5H3,(H,21,23);1H. The summed E-state index contributed by atoms with van der Waals surface area (Å²) >= 11 is 0. The predicted molar refractivity (Wildman–Crippen MR) is 112 cm³/mol. The van der Waals surface area contributed by atoms with Gasteiger partial charge in [-0.05, 0) is 70.0 Å². The molecule has 0 saturated heterocycles. The minimum Gasteiger partial charge on any atom is -0.399 e. The third kappa shape index (κ3) is 5.69. The van der Waals surface area contributed by atoms with Gasteiger partial charge in [0, 0.05) is 22.5 Å². The van der Waals surface area contributed by atoms with Crippen LogP contribution in [0.4, 0.5) is 11.4 Å². The summed E-state index contributed by atoms with van der Waals surface area (Å²) in [5.74, 6) is -0.337. The molecule has 6 nitrogen and oxygen atoms in total. The van der Waals surface area contributed by atoms with E-state index in [1.165, 1.54) is 6.07 Å². The molecular formula is C19H26ClN3O3S. The zero-order valence-corrected chi connectivity index (χ0v) is 17.7. The normalized spacial score (nSPS) is 11.6. The van der Waals surface area contributed by atoms with Crippen LogP contribution in [0.5, 0.6) is 0 Å². The molecule has 0 aromatic heterocycles. The van der Waals surface area contributed by atoms with E-state index in [1.807, 2.05) is 6.92 Å². The van der Waals surface area contributed by atoms with Crippen LogP contribution in [-0.2, 0) is 10.0 Å². The summed E-state index contributed by atoms with van der Waals surface area (Å²) in [6.07, 6.45) is 0. The fourth-order valence-corrected chi connectivity index (χ4v) is 4.26. The molecule has 0 fully saturated rings. The Morgan fingerprint density at radius 1 is 1.07 bits per heavy atom. The Hall–Kier alpha value is -2.09. The largest absolute Gasteiger partial charge is 0.399 e. The lowest BCUT2D eigenvalue weighted by Crippen LogP contribution is -2.40. The second kappa shape index (κ2) is 8.29. The molecule has 0 aliphatic rings. The second-order valence-electron chi connectivity index (χ2n) is 7.31. The van der Waals surface area contributed by atoms with E-state index < -0.39 is 15.6 Å². The Morgan fingerprint density at radius 3 is 2.30 bits per heavy atom. The first-order chi connectivity index (χ1) is 11.9. The molecule has 2 aromatic rings. The molecule has 2 rings (SSSR count). The van der Waals surface area contributed by atoms with Gasteiger partial charge in [0.2, 0.25) is 10.0 Å². The summed E-state index contributed by atoms with van der Waals surface area (Å²) in [6.45, 7) is 8.80. The number of rotatable bonds is 4. The molecule has 0 aliphatic heterocycles. The van der Waals surface area contributed by atoms with Crippen molar-refractivity contribution in [2.45, 2.75) is 45.1 Å². The molecule has 148 valence electrons. The van der Waals surface area contributed by atoms with Gasteiger partial charge in [-0.25, -0.2) is 13.1 Å². The Balaban J connectivity index is 0.00000364. The predicted octanol–water partition coefficient (Wildman–Crippen LogP) is 3.64. The van der Waals surface area contributed by atoms with Crippen molar-refractivity contribution in [2.24, 2.45) is 0 Å². The molecule has 0 aliphatic carbocycles. The first-order valence-corrected chi connectivity index (χ1v) is 9.70. The molecule has 2 aromatic carbocycles. The molecule has 0 bridgehead atoms. The first kappa shape index (κ1) is 23.0. The van der Waals surface area contributed by atoms with Crippen LogP contribution in [0.15, 0.2) is 41.3 Å². The van der Waals surface area contributed by atoms with Gasteiger partial charge in [-0.15, -0.1) is 12.4 Å². The summed E-state index contributed by atoms with van der Waals surface area (Å²) < 4.78 is 27.9. The number of carbonyl (C=O) groups excluding carboxylic acids is 1. The summed E-state index contributed by atoms with van der Waals surface area (Å²) in [7, 11) is -3.71. The second-order valence-corrected chi connectivity index (χ2v) is 8.96. The van der Waals surface area contributed by atoms with Gasteiger partial charge < -0.3 is 11.1 Å². The number of hydrogen-bond donors (Lipinski definition) is 3. The van der Waals surface area contributed by atoms with Crippen LogP contribution in [0.2, 0.25) is 0 Å². The van der Waals surface area contributed by atoms with Gasteiger partial charge in [-0.2, -0.15) is 0 Å². The van der Waals surface area contributed by atoms with Crippen LogP contribution in [0.25, 0.3) is 0 Å². The van der Waals surface area contributed by atoms with E-state index in [0.717, 1.165) is 5.56 Å². The lowest BCUT2D eigenvalue weighted by Gasteiger charge is -2.22. The van der Waals surface area contributed by atoms with Crippen molar-refractivity contribution in [2.75, 3.05) is 11.1 Å². The van der Waals surface area contributed by atoms with Gasteiger partial charge in [0.25, 0.3) is 5.91 Å². The van der Waals surface area contributed by atoms with Crippen molar-refractivity contribution in [1.82, 2.24) is 4.72 Å². The molecule has 8 heteroatoms. The minimum absolute atomic E-state index is 0. The van der Waals surface area contributed by atoms with Crippen molar-refractivity contribution in [3.63, 3.8) is 0 Å². The lowest BCUT2D eigenvalue weighted by molar-refractivity contribution is 0.102. The molecule has 4 N–H and O–H groups in total. The highest BCUT2D eigenvalue weighted by Gasteiger charge is 2.24. The van der Waals surface area contributed by atoms with Gasteiger partial charge in [-0.3, -0.25) is 4.79 Å². The smallest absolute Gasteiger partial charge is 0.256 e. The number of hydrogen-bond acceptors (Lipinski definition) is 4. The van der Waals surface area contributed by atoms with Gasteiger partial charge in [0.15, 0.2) is 0 Å². The first-order valence-electron chi connectivity index (χ1n) is 8.22. The highest BCUT2D eigenvalue weighted by atomic mass is 35.5. The average Bonchev–Trinajstić information content (AvgIpc) is 2.49. The van der Waals surface area contributed by atoms with E-state index in [1.54, 1.807) is 58.0 Å². The quantitative estimate of drug-likeness (QED) is 0.668. The van der Waals surface area contributed by atoms with Gasteiger partial charge in [-0.1, -0.05) is 12.1 Å². The maximum absolute atomic E-state index is 12.6. The van der Waals surface area contributed by atoms with E-state index in [-0.39, 0.29) is 23.2 Å². The Bertz CT molecular complexity index is 951. The number of nitrogens with one attached hydrogen (secondary N) is 2. The van der Waals surface area contributed by atoms with Gasteiger partial charge in [0.05, 0.1) is 4.90 Å². The molecule has 0 spiro atoms. The number of aryl methyl sites for hydroxylation is 1. The van der Waals surface area contributed by atoms with Crippen LogP contribution >= 0.6 is 12.4 Å². The molecule has 0 saturated carbocycles. The van der Waals surface area contributed by atoms with Crippen molar-refractivity contribution in [3.05, 3.63) is 53.1 Å². The maximum Gasteiger partial charge on any atom is 0.256 e. The monoisotopic (exact) mass is 411 g/mol. The number of halogens is 1. The number of nitrogens with two attached hydrogens (primary N) is 1. The van der Waals surface area contributed by atoms with E-state index in [2.05, 4.69) is 10.0 Å². The molecule has 27 heavy (non-hydrogen) atoms. The lowest BCUT2D eigenvalue weighted by atomic mass is 10.1. The molecule has 1 amide bonds. The third-order valence-corrected chi connectivity index (χ3v) is 5.67. The number of carbonyl (C=O) groups is 1. The molecule has 0 unspecified atom stereocenters. The summed E-state index contributed by atoms with van der Waals surface area (Å²) in [5, 5.41) is 2.78. The summed E-state index contributed by atoms with van der Waals surface area (Å²) in [5.41, 5.74) is 7.79. The minimum atomic E-state index is -3.71. The van der Waals surface area contributed by atoms with Crippen molar-refractivity contribution < 1.29 is 13.2 Å². The van der Waals surface area contributed by atoms with Crippen LogP contribution in [0.1, 0.15) is 42.3 Å². The number of nitrogen functional groups attached to an aromatic ring is 1. The highest BCUT2D eigenvalue weighted by Crippen LogP contribution is 2.25.